The van der Waals surface area contributed by atoms with Gasteiger partial charge in [-0.25, -0.2) is 0 Å². The molecule has 136 valence electrons. The highest BCUT2D eigenvalue weighted by molar-refractivity contribution is 9.10. The summed E-state index contributed by atoms with van der Waals surface area (Å²) in [6.07, 6.45) is -4.60. The molecule has 25 heavy (non-hydrogen) atoms. The van der Waals surface area contributed by atoms with Crippen molar-refractivity contribution < 1.29 is 18.0 Å². The van der Waals surface area contributed by atoms with Crippen molar-refractivity contribution >= 4 is 33.2 Å². The summed E-state index contributed by atoms with van der Waals surface area (Å²) in [7, 11) is 3.28. The molecule has 0 unspecified atom stereocenters. The van der Waals surface area contributed by atoms with Gasteiger partial charge in [0, 0.05) is 19.8 Å². The van der Waals surface area contributed by atoms with E-state index >= 15 is 0 Å². The average Bonchev–Trinajstić information content (AvgIpc) is 2.88. The normalized spacial score (nSPS) is 11.7. The van der Waals surface area contributed by atoms with Crippen LogP contribution in [0.2, 0.25) is 0 Å². The van der Waals surface area contributed by atoms with E-state index < -0.39 is 17.6 Å². The highest BCUT2D eigenvalue weighted by Gasteiger charge is 2.35. The molecule has 0 fully saturated rings. The highest BCUT2D eigenvalue weighted by atomic mass is 79.9. The molecule has 2 aromatic rings. The molecule has 0 saturated carbocycles. The number of alkyl halides is 3. The largest absolute Gasteiger partial charge is 0.418 e. The first-order valence-corrected chi connectivity index (χ1v) is 8.25. The molecule has 9 heteroatoms. The molecular formula is C16H18BrF3N4O. The van der Waals surface area contributed by atoms with Crippen molar-refractivity contribution in [1.29, 1.82) is 0 Å². The van der Waals surface area contributed by atoms with Gasteiger partial charge in [0.1, 0.15) is 0 Å². The van der Waals surface area contributed by atoms with Crippen molar-refractivity contribution in [2.45, 2.75) is 25.9 Å². The Morgan fingerprint density at radius 2 is 1.96 bits per heavy atom. The maximum absolute atomic E-state index is 13.3. The Morgan fingerprint density at radius 3 is 2.44 bits per heavy atom. The van der Waals surface area contributed by atoms with Crippen molar-refractivity contribution in [1.82, 2.24) is 10.2 Å². The number of carbonyl (C=O) groups excluding carboxylic acids is 1. The van der Waals surface area contributed by atoms with E-state index in [1.54, 1.807) is 19.0 Å². The second kappa shape index (κ2) is 7.07. The van der Waals surface area contributed by atoms with E-state index in [1.165, 1.54) is 12.1 Å². The van der Waals surface area contributed by atoms with E-state index in [0.717, 1.165) is 6.07 Å². The molecule has 0 bridgehead atoms. The summed E-state index contributed by atoms with van der Waals surface area (Å²) in [5.41, 5.74) is -0.141. The van der Waals surface area contributed by atoms with Crippen LogP contribution in [0.15, 0.2) is 22.7 Å². The molecule has 0 aliphatic rings. The lowest BCUT2D eigenvalue weighted by atomic mass is 10.1. The predicted molar refractivity (Wildman–Crippen MR) is 94.1 cm³/mol. The Labute approximate surface area is 151 Å². The Hall–Kier alpha value is -2.03. The molecule has 0 atom stereocenters. The maximum atomic E-state index is 13.3. The third-order valence-corrected chi connectivity index (χ3v) is 4.40. The van der Waals surface area contributed by atoms with Gasteiger partial charge in [0.25, 0.3) is 5.91 Å². The van der Waals surface area contributed by atoms with E-state index in [2.05, 4.69) is 31.4 Å². The standard InChI is InChI=1S/C16H18BrF3N4O/c1-8(2)13-12(17)14(23-22-13)15(25)21-11-6-5-9(24(3)4)7-10(11)16(18,19)20/h5-8H,1-4H3,(H,21,25)(H,22,23). The molecule has 0 spiro atoms. The molecule has 1 aromatic carbocycles. The number of aromatic nitrogens is 2. The van der Waals surface area contributed by atoms with E-state index in [0.29, 0.717) is 15.9 Å². The first-order chi connectivity index (χ1) is 11.5. The maximum Gasteiger partial charge on any atom is 0.418 e. The summed E-state index contributed by atoms with van der Waals surface area (Å²) in [6, 6.07) is 3.73. The molecule has 0 radical (unpaired) electrons. The van der Waals surface area contributed by atoms with Crippen molar-refractivity contribution in [3.05, 3.63) is 39.6 Å². The van der Waals surface area contributed by atoms with Crippen molar-refractivity contribution in [2.24, 2.45) is 0 Å². The number of aromatic amines is 1. The van der Waals surface area contributed by atoms with Crippen LogP contribution in [0.5, 0.6) is 0 Å². The van der Waals surface area contributed by atoms with Crippen molar-refractivity contribution in [3.63, 3.8) is 0 Å². The summed E-state index contributed by atoms with van der Waals surface area (Å²) < 4.78 is 40.4. The minimum atomic E-state index is -4.60. The first-order valence-electron chi connectivity index (χ1n) is 7.46. The van der Waals surface area contributed by atoms with E-state index in [9.17, 15) is 18.0 Å². The van der Waals surface area contributed by atoms with Crippen LogP contribution >= 0.6 is 15.9 Å². The number of nitrogens with zero attached hydrogens (tertiary/aromatic N) is 2. The van der Waals surface area contributed by atoms with Gasteiger partial charge in [0.2, 0.25) is 0 Å². The van der Waals surface area contributed by atoms with Crippen LogP contribution < -0.4 is 10.2 Å². The molecule has 2 rings (SSSR count). The monoisotopic (exact) mass is 418 g/mol. The van der Waals surface area contributed by atoms with Crippen LogP contribution in [0.3, 0.4) is 0 Å². The fourth-order valence-corrected chi connectivity index (χ4v) is 3.03. The summed E-state index contributed by atoms with van der Waals surface area (Å²) in [5.74, 6) is -0.647. The molecule has 0 saturated heterocycles. The van der Waals surface area contributed by atoms with Crippen molar-refractivity contribution in [2.75, 3.05) is 24.3 Å². The first kappa shape index (κ1) is 19.3. The summed E-state index contributed by atoms with van der Waals surface area (Å²) in [6.45, 7) is 3.81. The van der Waals surface area contributed by atoms with E-state index in [4.69, 9.17) is 0 Å². The van der Waals surface area contributed by atoms with Crippen molar-refractivity contribution in [3.8, 4) is 0 Å². The van der Waals surface area contributed by atoms with Crippen LogP contribution in [-0.4, -0.2) is 30.2 Å². The fraction of sp³-hybridized carbons (Fsp3) is 0.375. The summed E-state index contributed by atoms with van der Waals surface area (Å²) in [4.78, 5) is 13.9. The van der Waals surface area contributed by atoms with E-state index in [-0.39, 0.29) is 17.3 Å². The topological polar surface area (TPSA) is 61.0 Å². The number of H-pyrrole nitrogens is 1. The fourth-order valence-electron chi connectivity index (χ4n) is 2.21. The van der Waals surface area contributed by atoms with Crippen LogP contribution in [0, 0.1) is 0 Å². The average molecular weight is 419 g/mol. The zero-order chi connectivity index (χ0) is 18.9. The van der Waals surface area contributed by atoms with Gasteiger partial charge in [0.15, 0.2) is 5.69 Å². The number of anilines is 2. The lowest BCUT2D eigenvalue weighted by Crippen LogP contribution is -2.18. The second-order valence-corrected chi connectivity index (χ2v) is 6.82. The molecular weight excluding hydrogens is 401 g/mol. The number of hydrogen-bond acceptors (Lipinski definition) is 3. The van der Waals surface area contributed by atoms with Gasteiger partial charge >= 0.3 is 6.18 Å². The van der Waals surface area contributed by atoms with Gasteiger partial charge in [-0.05, 0) is 40.0 Å². The molecule has 1 heterocycles. The van der Waals surface area contributed by atoms with Crippen LogP contribution in [0.25, 0.3) is 0 Å². The second-order valence-electron chi connectivity index (χ2n) is 6.03. The minimum absolute atomic E-state index is 0.00788. The van der Waals surface area contributed by atoms with Crippen LogP contribution in [-0.2, 0) is 6.18 Å². The smallest absolute Gasteiger partial charge is 0.378 e. The number of carbonyl (C=O) groups is 1. The Kier molecular flexibility index (Phi) is 5.46. The zero-order valence-corrected chi connectivity index (χ0v) is 15.7. The molecule has 1 amide bonds. The van der Waals surface area contributed by atoms with Gasteiger partial charge in [-0.15, -0.1) is 0 Å². The lowest BCUT2D eigenvalue weighted by molar-refractivity contribution is -0.136. The van der Waals surface area contributed by atoms with Gasteiger partial charge in [-0.3, -0.25) is 9.89 Å². The molecule has 1 aromatic heterocycles. The number of nitrogens with one attached hydrogen (secondary N) is 2. The number of amides is 1. The van der Waals surface area contributed by atoms with Gasteiger partial charge in [-0.2, -0.15) is 18.3 Å². The minimum Gasteiger partial charge on any atom is -0.378 e. The summed E-state index contributed by atoms with van der Waals surface area (Å²) >= 11 is 3.27. The molecule has 0 aliphatic heterocycles. The number of benzene rings is 1. The third kappa shape index (κ3) is 4.15. The summed E-state index contributed by atoms with van der Waals surface area (Å²) in [5, 5.41) is 8.92. The van der Waals surface area contributed by atoms with Gasteiger partial charge in [-0.1, -0.05) is 13.8 Å². The Balaban J connectivity index is 2.38. The Bertz CT molecular complexity index is 784. The molecule has 5 nitrogen and oxygen atoms in total. The predicted octanol–water partition coefficient (Wildman–Crippen LogP) is 4.63. The number of rotatable bonds is 4. The SMILES string of the molecule is CC(C)c1[nH]nc(C(=O)Nc2ccc(N(C)C)cc2C(F)(F)F)c1Br. The van der Waals surface area contributed by atoms with E-state index in [1.807, 2.05) is 13.8 Å². The third-order valence-electron chi connectivity index (χ3n) is 3.60. The van der Waals surface area contributed by atoms with Crippen LogP contribution in [0.1, 0.15) is 41.5 Å². The zero-order valence-electron chi connectivity index (χ0n) is 14.1. The number of hydrogen-bond donors (Lipinski definition) is 2. The molecule has 0 aliphatic carbocycles. The Morgan fingerprint density at radius 1 is 1.32 bits per heavy atom. The number of halogens is 4. The lowest BCUT2D eigenvalue weighted by Gasteiger charge is -2.18. The van der Waals surface area contributed by atoms with Gasteiger partial charge < -0.3 is 10.2 Å². The van der Waals surface area contributed by atoms with Crippen LogP contribution in [0.4, 0.5) is 24.5 Å². The highest BCUT2D eigenvalue weighted by Crippen LogP contribution is 2.37. The molecule has 2 N–H and O–H groups in total. The quantitative estimate of drug-likeness (QED) is 0.760. The van der Waals surface area contributed by atoms with Gasteiger partial charge in [0.05, 0.1) is 21.4 Å².